The van der Waals surface area contributed by atoms with E-state index in [0.29, 0.717) is 50.7 Å². The molecule has 8 nitrogen and oxygen atoms in total. The van der Waals surface area contributed by atoms with Crippen molar-refractivity contribution in [1.82, 2.24) is 9.80 Å². The minimum absolute atomic E-state index is 0.0980. The Morgan fingerprint density at radius 3 is 2.44 bits per heavy atom. The third-order valence-electron chi connectivity index (χ3n) is 7.55. The minimum atomic E-state index is -0.704. The van der Waals surface area contributed by atoms with Crippen LogP contribution in [0.5, 0.6) is 11.5 Å². The van der Waals surface area contributed by atoms with E-state index in [1.54, 1.807) is 29.2 Å². The molecule has 41 heavy (non-hydrogen) atoms. The minimum Gasteiger partial charge on any atom is -0.507 e. The zero-order valence-corrected chi connectivity index (χ0v) is 24.3. The summed E-state index contributed by atoms with van der Waals surface area (Å²) in [6.07, 6.45) is 5.58. The molecule has 0 aliphatic carbocycles. The summed E-state index contributed by atoms with van der Waals surface area (Å²) in [5.41, 5.74) is 2.07. The van der Waals surface area contributed by atoms with Gasteiger partial charge in [-0.25, -0.2) is 0 Å². The van der Waals surface area contributed by atoms with Crippen molar-refractivity contribution < 1.29 is 28.9 Å². The molecule has 2 aliphatic heterocycles. The van der Waals surface area contributed by atoms with Crippen molar-refractivity contribution in [3.05, 3.63) is 77.4 Å². The number of benzene rings is 2. The van der Waals surface area contributed by atoms with Gasteiger partial charge in [0.1, 0.15) is 23.9 Å². The maximum Gasteiger partial charge on any atom is 0.295 e. The fraction of sp³-hybridized carbons (Fsp3) is 0.455. The SMILES string of the molecule is C=CCOc1ccc(C(O)=C2C(=O)C(=O)N(CCCN3CCOCC3)C2c2ccc(OCCCCC)cc2)c(C)c1. The molecule has 0 radical (unpaired) electrons. The number of aliphatic hydroxyl groups excluding tert-OH is 1. The largest absolute Gasteiger partial charge is 0.507 e. The van der Waals surface area contributed by atoms with E-state index >= 15 is 0 Å². The van der Waals surface area contributed by atoms with Gasteiger partial charge in [0.15, 0.2) is 0 Å². The molecule has 2 heterocycles. The Balaban J connectivity index is 1.64. The van der Waals surface area contributed by atoms with E-state index < -0.39 is 17.7 Å². The number of carbonyl (C=O) groups is 2. The highest BCUT2D eigenvalue weighted by Crippen LogP contribution is 2.40. The number of nitrogens with zero attached hydrogens (tertiary/aromatic N) is 2. The molecule has 0 saturated carbocycles. The van der Waals surface area contributed by atoms with Gasteiger partial charge in [0, 0.05) is 31.7 Å². The third kappa shape index (κ3) is 7.57. The first-order chi connectivity index (χ1) is 19.9. The van der Waals surface area contributed by atoms with Crippen molar-refractivity contribution in [3.63, 3.8) is 0 Å². The predicted octanol–water partition coefficient (Wildman–Crippen LogP) is 5.27. The zero-order chi connectivity index (χ0) is 29.2. The molecule has 4 rings (SSSR count). The van der Waals surface area contributed by atoms with Crippen LogP contribution >= 0.6 is 0 Å². The quantitative estimate of drug-likeness (QED) is 0.110. The van der Waals surface area contributed by atoms with Crippen LogP contribution in [0.1, 0.15) is 55.3 Å². The van der Waals surface area contributed by atoms with Crippen LogP contribution in [0, 0.1) is 6.92 Å². The molecule has 2 saturated heterocycles. The highest BCUT2D eigenvalue weighted by Gasteiger charge is 2.46. The molecular formula is C33H42N2O6. The number of Topliss-reactive ketones (excluding diaryl/α,β-unsaturated/α-hetero) is 1. The number of morpholine rings is 1. The monoisotopic (exact) mass is 562 g/mol. The fourth-order valence-electron chi connectivity index (χ4n) is 5.33. The Bertz CT molecular complexity index is 1230. The van der Waals surface area contributed by atoms with Gasteiger partial charge >= 0.3 is 0 Å². The van der Waals surface area contributed by atoms with Crippen LogP contribution in [0.4, 0.5) is 0 Å². The average Bonchev–Trinajstić information content (AvgIpc) is 3.24. The number of ketones is 1. The number of aliphatic hydroxyl groups is 1. The average molecular weight is 563 g/mol. The zero-order valence-electron chi connectivity index (χ0n) is 24.3. The first-order valence-corrected chi connectivity index (χ1v) is 14.6. The molecule has 1 atom stereocenters. The van der Waals surface area contributed by atoms with E-state index in [-0.39, 0.29) is 11.3 Å². The van der Waals surface area contributed by atoms with Crippen molar-refractivity contribution in [2.75, 3.05) is 52.6 Å². The van der Waals surface area contributed by atoms with Crippen molar-refractivity contribution in [2.45, 2.75) is 45.6 Å². The van der Waals surface area contributed by atoms with E-state index in [1.807, 2.05) is 31.2 Å². The number of hydrogen-bond acceptors (Lipinski definition) is 7. The van der Waals surface area contributed by atoms with Gasteiger partial charge in [-0.05, 0) is 61.2 Å². The normalized spacial score (nSPS) is 19.0. The van der Waals surface area contributed by atoms with Crippen molar-refractivity contribution in [2.24, 2.45) is 0 Å². The first-order valence-electron chi connectivity index (χ1n) is 14.6. The molecule has 1 unspecified atom stereocenters. The number of ether oxygens (including phenoxy) is 3. The summed E-state index contributed by atoms with van der Waals surface area (Å²) in [7, 11) is 0. The summed E-state index contributed by atoms with van der Waals surface area (Å²) in [5, 5.41) is 11.5. The maximum absolute atomic E-state index is 13.5. The van der Waals surface area contributed by atoms with Gasteiger partial charge in [-0.3, -0.25) is 14.5 Å². The van der Waals surface area contributed by atoms with E-state index in [2.05, 4.69) is 18.4 Å². The lowest BCUT2D eigenvalue weighted by molar-refractivity contribution is -0.140. The third-order valence-corrected chi connectivity index (χ3v) is 7.55. The van der Waals surface area contributed by atoms with Crippen molar-refractivity contribution in [3.8, 4) is 11.5 Å². The van der Waals surface area contributed by atoms with Crippen LogP contribution in [0.15, 0.2) is 60.7 Å². The maximum atomic E-state index is 13.5. The molecule has 0 aromatic heterocycles. The van der Waals surface area contributed by atoms with E-state index in [0.717, 1.165) is 55.8 Å². The lowest BCUT2D eigenvalue weighted by Gasteiger charge is -2.29. The second-order valence-corrected chi connectivity index (χ2v) is 10.5. The predicted molar refractivity (Wildman–Crippen MR) is 159 cm³/mol. The van der Waals surface area contributed by atoms with Gasteiger partial charge < -0.3 is 24.2 Å². The van der Waals surface area contributed by atoms with Gasteiger partial charge in [-0.2, -0.15) is 0 Å². The number of rotatable bonds is 14. The van der Waals surface area contributed by atoms with E-state index in [4.69, 9.17) is 14.2 Å². The summed E-state index contributed by atoms with van der Waals surface area (Å²) < 4.78 is 16.9. The number of hydrogen-bond donors (Lipinski definition) is 1. The highest BCUT2D eigenvalue weighted by atomic mass is 16.5. The Morgan fingerprint density at radius 2 is 1.76 bits per heavy atom. The smallest absolute Gasteiger partial charge is 0.295 e. The van der Waals surface area contributed by atoms with Crippen LogP contribution in [0.3, 0.4) is 0 Å². The topological polar surface area (TPSA) is 88.5 Å². The summed E-state index contributed by atoms with van der Waals surface area (Å²) in [6, 6.07) is 12.1. The molecule has 0 spiro atoms. The summed E-state index contributed by atoms with van der Waals surface area (Å²) in [6.45, 7) is 13.0. The summed E-state index contributed by atoms with van der Waals surface area (Å²) in [4.78, 5) is 30.8. The summed E-state index contributed by atoms with van der Waals surface area (Å²) in [5.74, 6) is -0.0856. The number of likely N-dealkylation sites (tertiary alicyclic amines) is 1. The number of carbonyl (C=O) groups excluding carboxylic acids is 2. The molecular weight excluding hydrogens is 520 g/mol. The van der Waals surface area contributed by atoms with Crippen LogP contribution in [-0.2, 0) is 14.3 Å². The molecule has 2 aromatic carbocycles. The molecule has 0 bridgehead atoms. The van der Waals surface area contributed by atoms with E-state index in [9.17, 15) is 14.7 Å². The summed E-state index contributed by atoms with van der Waals surface area (Å²) >= 11 is 0. The molecule has 2 aliphatic rings. The van der Waals surface area contributed by atoms with Gasteiger partial charge in [0.25, 0.3) is 11.7 Å². The van der Waals surface area contributed by atoms with Crippen LogP contribution in [0.25, 0.3) is 5.76 Å². The molecule has 2 aromatic rings. The fourth-order valence-corrected chi connectivity index (χ4v) is 5.33. The van der Waals surface area contributed by atoms with E-state index in [1.165, 1.54) is 0 Å². The lowest BCUT2D eigenvalue weighted by Crippen LogP contribution is -2.38. The highest BCUT2D eigenvalue weighted by molar-refractivity contribution is 6.46. The molecule has 1 N–H and O–H groups in total. The standard InChI is InChI=1S/C33H42N2O6/c1-4-6-7-20-41-26-11-9-25(10-12-26)30-29(31(36)28-14-13-27(23-24(28)3)40-19-5-2)32(37)33(38)35(30)16-8-15-34-17-21-39-22-18-34/h5,9-14,23,30,36H,2,4,6-8,15-22H2,1,3H3. The van der Waals surface area contributed by atoms with Gasteiger partial charge in [-0.15, -0.1) is 0 Å². The second kappa shape index (κ2) is 14.8. The Kier molecular flexibility index (Phi) is 11.0. The Hall–Kier alpha value is -3.62. The van der Waals surface area contributed by atoms with Crippen LogP contribution < -0.4 is 9.47 Å². The Labute approximate surface area is 243 Å². The van der Waals surface area contributed by atoms with Gasteiger partial charge in [-0.1, -0.05) is 44.6 Å². The second-order valence-electron chi connectivity index (χ2n) is 10.5. The molecule has 2 fully saturated rings. The first kappa shape index (κ1) is 30.3. The Morgan fingerprint density at radius 1 is 1.02 bits per heavy atom. The lowest BCUT2D eigenvalue weighted by atomic mass is 9.93. The molecule has 8 heteroatoms. The van der Waals surface area contributed by atoms with Crippen molar-refractivity contribution >= 4 is 17.4 Å². The number of unbranched alkanes of at least 4 members (excludes halogenated alkanes) is 2. The molecule has 1 amide bonds. The van der Waals surface area contributed by atoms with Crippen molar-refractivity contribution in [1.29, 1.82) is 0 Å². The molecule has 220 valence electrons. The van der Waals surface area contributed by atoms with Crippen LogP contribution in [-0.4, -0.2) is 79.2 Å². The van der Waals surface area contributed by atoms with Crippen LogP contribution in [0.2, 0.25) is 0 Å². The number of amides is 1. The number of aryl methyl sites for hydroxylation is 1. The van der Waals surface area contributed by atoms with Gasteiger partial charge in [0.05, 0.1) is 31.4 Å². The van der Waals surface area contributed by atoms with Gasteiger partial charge in [0.2, 0.25) is 0 Å².